The number of esters is 1. The molecule has 6 aliphatic rings. The highest BCUT2D eigenvalue weighted by Gasteiger charge is 2.67. The largest absolute Gasteiger partial charge is 0.458 e. The van der Waals surface area contributed by atoms with Crippen molar-refractivity contribution in [2.24, 2.45) is 40.9 Å². The molecule has 27 heavy (non-hydrogen) atoms. The van der Waals surface area contributed by atoms with Gasteiger partial charge in [0, 0.05) is 18.3 Å². The van der Waals surface area contributed by atoms with E-state index in [-0.39, 0.29) is 17.0 Å². The summed E-state index contributed by atoms with van der Waals surface area (Å²) < 4.78 is 6.10. The number of ether oxygens (including phenoxy) is 1. The molecule has 0 bridgehead atoms. The Kier molecular flexibility index (Phi) is 3.41. The van der Waals surface area contributed by atoms with Crippen LogP contribution in [0.15, 0.2) is 11.6 Å². The lowest BCUT2D eigenvalue weighted by molar-refractivity contribution is -0.168. The third-order valence-electron chi connectivity index (χ3n) is 9.95. The lowest BCUT2D eigenvalue weighted by Crippen LogP contribution is -2.54. The van der Waals surface area contributed by atoms with Crippen LogP contribution in [0, 0.1) is 40.9 Å². The van der Waals surface area contributed by atoms with Gasteiger partial charge >= 0.3 is 5.97 Å². The van der Waals surface area contributed by atoms with E-state index in [1.165, 1.54) is 44.1 Å². The Hall–Kier alpha value is -1.12. The second-order valence-corrected chi connectivity index (χ2v) is 10.8. The van der Waals surface area contributed by atoms with Gasteiger partial charge in [-0.3, -0.25) is 9.59 Å². The second-order valence-electron chi connectivity index (χ2n) is 10.8. The van der Waals surface area contributed by atoms with Gasteiger partial charge in [-0.1, -0.05) is 12.5 Å². The molecule has 0 N–H and O–H groups in total. The summed E-state index contributed by atoms with van der Waals surface area (Å²) in [5.41, 5.74) is 1.53. The quantitative estimate of drug-likeness (QED) is 0.622. The summed E-state index contributed by atoms with van der Waals surface area (Å²) in [5.74, 6) is 5.02. The maximum absolute atomic E-state index is 12.1. The molecule has 1 spiro atoms. The predicted molar refractivity (Wildman–Crippen MR) is 102 cm³/mol. The Bertz CT molecular complexity index is 734. The number of carbonyl (C=O) groups is 2. The number of hydrogen-bond donors (Lipinski definition) is 0. The first-order valence-corrected chi connectivity index (χ1v) is 11.5. The fraction of sp³-hybridized carbons (Fsp3) is 0.833. The Morgan fingerprint density at radius 3 is 2.56 bits per heavy atom. The Balaban J connectivity index is 1.39. The molecule has 3 heteroatoms. The first-order valence-electron chi connectivity index (χ1n) is 11.5. The summed E-state index contributed by atoms with van der Waals surface area (Å²) in [6.07, 6.45) is 14.3. The van der Waals surface area contributed by atoms with Crippen LogP contribution in [0.4, 0.5) is 0 Å². The van der Waals surface area contributed by atoms with Crippen LogP contribution in [0.25, 0.3) is 0 Å². The third-order valence-corrected chi connectivity index (χ3v) is 9.95. The average molecular weight is 369 g/mol. The van der Waals surface area contributed by atoms with E-state index >= 15 is 0 Å². The Morgan fingerprint density at radius 2 is 1.81 bits per heavy atom. The van der Waals surface area contributed by atoms with Crippen molar-refractivity contribution in [1.82, 2.24) is 0 Å². The van der Waals surface area contributed by atoms with Crippen molar-refractivity contribution in [3.8, 4) is 0 Å². The summed E-state index contributed by atoms with van der Waals surface area (Å²) in [7, 11) is 0. The molecule has 0 radical (unpaired) electrons. The topological polar surface area (TPSA) is 43.4 Å². The summed E-state index contributed by atoms with van der Waals surface area (Å²) in [6, 6.07) is 0. The smallest absolute Gasteiger partial charge is 0.306 e. The van der Waals surface area contributed by atoms with Crippen LogP contribution in [-0.4, -0.2) is 17.4 Å². The van der Waals surface area contributed by atoms with Crippen LogP contribution in [0.2, 0.25) is 0 Å². The van der Waals surface area contributed by atoms with Crippen LogP contribution in [-0.2, 0) is 14.3 Å². The lowest BCUT2D eigenvalue weighted by Gasteiger charge is -2.58. The molecule has 3 nitrogen and oxygen atoms in total. The van der Waals surface area contributed by atoms with Gasteiger partial charge in [-0.25, -0.2) is 0 Å². The van der Waals surface area contributed by atoms with Crippen LogP contribution in [0.5, 0.6) is 0 Å². The zero-order valence-corrected chi connectivity index (χ0v) is 16.5. The average Bonchev–Trinajstić information content (AvgIpc) is 3.36. The van der Waals surface area contributed by atoms with Crippen molar-refractivity contribution in [2.45, 2.75) is 83.2 Å². The zero-order valence-electron chi connectivity index (χ0n) is 16.5. The molecular formula is C24H32O3. The first kappa shape index (κ1) is 16.8. The van der Waals surface area contributed by atoms with Crippen LogP contribution < -0.4 is 0 Å². The standard InChI is InChI=1S/C24H32O3/c1-23-9-6-18-17-5-4-16(25)12-15(17)13-19(14-2-3-14)22(18)20(23)7-10-24(23)11-8-21(26)27-24/h12,14,17-20,22H,2-11,13H2,1H3/t17-,18?,19?,20?,22?,23-,24+/m0/s1. The summed E-state index contributed by atoms with van der Waals surface area (Å²) in [5, 5.41) is 0. The molecule has 7 atom stereocenters. The van der Waals surface area contributed by atoms with Crippen molar-refractivity contribution in [2.75, 3.05) is 0 Å². The molecule has 1 aliphatic heterocycles. The molecule has 0 aromatic rings. The summed E-state index contributed by atoms with van der Waals surface area (Å²) in [4.78, 5) is 24.1. The van der Waals surface area contributed by atoms with Gasteiger partial charge in [-0.2, -0.15) is 0 Å². The molecule has 1 saturated heterocycles. The van der Waals surface area contributed by atoms with Crippen LogP contribution >= 0.6 is 0 Å². The molecule has 0 amide bonds. The van der Waals surface area contributed by atoms with E-state index in [0.717, 1.165) is 49.4 Å². The molecule has 5 aliphatic carbocycles. The molecule has 1 heterocycles. The highest BCUT2D eigenvalue weighted by molar-refractivity contribution is 5.91. The molecule has 4 saturated carbocycles. The number of allylic oxidation sites excluding steroid dienone is 1. The van der Waals surface area contributed by atoms with Gasteiger partial charge in [-0.15, -0.1) is 0 Å². The molecule has 4 unspecified atom stereocenters. The molecule has 0 aromatic heterocycles. The van der Waals surface area contributed by atoms with Gasteiger partial charge in [-0.05, 0) is 99.4 Å². The minimum Gasteiger partial charge on any atom is -0.458 e. The Morgan fingerprint density at radius 1 is 0.963 bits per heavy atom. The zero-order chi connectivity index (χ0) is 18.4. The lowest BCUT2D eigenvalue weighted by atomic mass is 9.47. The predicted octanol–water partition coefficient (Wildman–Crippen LogP) is 4.84. The normalized spacial score (nSPS) is 51.4. The van der Waals surface area contributed by atoms with Crippen molar-refractivity contribution in [3.05, 3.63) is 11.6 Å². The highest BCUT2D eigenvalue weighted by Crippen LogP contribution is 2.70. The van der Waals surface area contributed by atoms with Gasteiger partial charge in [0.05, 0.1) is 0 Å². The van der Waals surface area contributed by atoms with Crippen molar-refractivity contribution < 1.29 is 14.3 Å². The van der Waals surface area contributed by atoms with Crippen LogP contribution in [0.1, 0.15) is 77.6 Å². The fourth-order valence-electron chi connectivity index (χ4n) is 8.59. The van der Waals surface area contributed by atoms with Gasteiger partial charge in [0.15, 0.2) is 5.78 Å². The first-order chi connectivity index (χ1) is 13.0. The minimum absolute atomic E-state index is 0.0393. The molecule has 6 rings (SSSR count). The summed E-state index contributed by atoms with van der Waals surface area (Å²) >= 11 is 0. The van der Waals surface area contributed by atoms with Crippen molar-refractivity contribution >= 4 is 11.8 Å². The third kappa shape index (κ3) is 2.20. The van der Waals surface area contributed by atoms with E-state index in [2.05, 4.69) is 6.92 Å². The van der Waals surface area contributed by atoms with Gasteiger partial charge < -0.3 is 4.74 Å². The van der Waals surface area contributed by atoms with Gasteiger partial charge in [0.2, 0.25) is 0 Å². The minimum atomic E-state index is -0.160. The van der Waals surface area contributed by atoms with Gasteiger partial charge in [0.1, 0.15) is 5.60 Å². The maximum atomic E-state index is 12.1. The monoisotopic (exact) mass is 368 g/mol. The van der Waals surface area contributed by atoms with Gasteiger partial charge in [0.25, 0.3) is 0 Å². The molecule has 5 fully saturated rings. The molecule has 146 valence electrons. The van der Waals surface area contributed by atoms with E-state index in [1.54, 1.807) is 0 Å². The van der Waals surface area contributed by atoms with Crippen molar-refractivity contribution in [1.29, 1.82) is 0 Å². The van der Waals surface area contributed by atoms with E-state index in [1.807, 2.05) is 6.08 Å². The van der Waals surface area contributed by atoms with E-state index in [9.17, 15) is 9.59 Å². The van der Waals surface area contributed by atoms with Crippen molar-refractivity contribution in [3.63, 3.8) is 0 Å². The molecular weight excluding hydrogens is 336 g/mol. The maximum Gasteiger partial charge on any atom is 0.306 e. The van der Waals surface area contributed by atoms with E-state index in [4.69, 9.17) is 4.74 Å². The molecule has 0 aromatic carbocycles. The second kappa shape index (κ2) is 5.48. The number of rotatable bonds is 1. The van der Waals surface area contributed by atoms with Crippen LogP contribution in [0.3, 0.4) is 0 Å². The van der Waals surface area contributed by atoms with E-state index < -0.39 is 0 Å². The summed E-state index contributed by atoms with van der Waals surface area (Å²) in [6.45, 7) is 2.47. The number of carbonyl (C=O) groups excluding carboxylic acids is 2. The Labute approximate surface area is 162 Å². The van der Waals surface area contributed by atoms with E-state index in [0.29, 0.717) is 24.0 Å². The number of ketones is 1. The highest BCUT2D eigenvalue weighted by atomic mass is 16.6. The number of hydrogen-bond acceptors (Lipinski definition) is 3. The number of fused-ring (bicyclic) bond motifs is 6. The SMILES string of the molecule is C[C@]12CCC3C(C(C4CC4)CC4=CC(=O)CC[C@@H]43)C1CC[C@@]21CCC(=O)O1. The fourth-order valence-corrected chi connectivity index (χ4v) is 8.59.